The highest BCUT2D eigenvalue weighted by Gasteiger charge is 2.34. The summed E-state index contributed by atoms with van der Waals surface area (Å²) in [7, 11) is 0. The van der Waals surface area contributed by atoms with Crippen molar-refractivity contribution in [3.63, 3.8) is 0 Å². The summed E-state index contributed by atoms with van der Waals surface area (Å²) in [6, 6.07) is 15.2. The van der Waals surface area contributed by atoms with E-state index in [0.29, 0.717) is 36.5 Å². The number of unbranched alkanes of at least 4 members (excludes halogenated alkanes) is 1. The molecule has 2 aromatic carbocycles. The molecule has 1 aliphatic heterocycles. The van der Waals surface area contributed by atoms with Crippen LogP contribution in [0.1, 0.15) is 56.2 Å². The van der Waals surface area contributed by atoms with Crippen molar-refractivity contribution >= 4 is 62.7 Å². The fraction of sp³-hybridized carbons (Fsp3) is 0.308. The van der Waals surface area contributed by atoms with Gasteiger partial charge in [0.15, 0.2) is 0 Å². The van der Waals surface area contributed by atoms with E-state index in [-0.39, 0.29) is 18.7 Å². The number of hydrogen-bond acceptors (Lipinski definition) is 5. The summed E-state index contributed by atoms with van der Waals surface area (Å²) in [5.74, 6) is -0.305. The zero-order chi connectivity index (χ0) is 24.9. The largest absolute Gasteiger partial charge is 0.494 e. The molecule has 0 radical (unpaired) electrons. The van der Waals surface area contributed by atoms with Gasteiger partial charge in [-0.1, -0.05) is 23.7 Å². The number of aromatic nitrogens is 1. The molecule has 7 nitrogen and oxygen atoms in total. The Labute approximate surface area is 222 Å². The first-order valence-electron chi connectivity index (χ1n) is 11.5. The summed E-state index contributed by atoms with van der Waals surface area (Å²) in [5, 5.41) is 16.3. The number of nitrogens with zero attached hydrogens (tertiary/aromatic N) is 3. The number of rotatable bonds is 9. The number of ether oxygens (including phenoxy) is 1. The predicted octanol–water partition coefficient (Wildman–Crippen LogP) is 6.21. The summed E-state index contributed by atoms with van der Waals surface area (Å²) in [6.45, 7) is 2.48. The summed E-state index contributed by atoms with van der Waals surface area (Å²) < 4.78 is 6.65. The lowest BCUT2D eigenvalue weighted by atomic mass is 9.98. The van der Waals surface area contributed by atoms with E-state index in [1.54, 1.807) is 0 Å². The molecule has 0 spiro atoms. The third-order valence-electron chi connectivity index (χ3n) is 5.79. The Bertz CT molecular complexity index is 1300. The number of benzene rings is 2. The van der Waals surface area contributed by atoms with Gasteiger partial charge in [-0.2, -0.15) is 5.10 Å². The number of carboxylic acid groups (broad SMARTS) is 1. The summed E-state index contributed by atoms with van der Waals surface area (Å²) in [4.78, 5) is 28.6. The zero-order valence-corrected chi connectivity index (χ0v) is 22.1. The Morgan fingerprint density at radius 3 is 2.71 bits per heavy atom. The predicted molar refractivity (Wildman–Crippen MR) is 144 cm³/mol. The fourth-order valence-electron chi connectivity index (χ4n) is 4.12. The second-order valence-corrected chi connectivity index (χ2v) is 9.88. The van der Waals surface area contributed by atoms with Gasteiger partial charge in [-0.15, -0.1) is 0 Å². The minimum absolute atomic E-state index is 0.0395. The highest BCUT2D eigenvalue weighted by molar-refractivity contribution is 14.1. The van der Waals surface area contributed by atoms with Crippen molar-refractivity contribution in [2.75, 3.05) is 6.61 Å². The average Bonchev–Trinajstić information content (AvgIpc) is 3.27. The maximum atomic E-state index is 13.2. The molecule has 1 aromatic heterocycles. The number of carbonyl (C=O) groups is 2. The number of hydrazone groups is 1. The summed E-state index contributed by atoms with van der Waals surface area (Å²) >= 11 is 8.91. The molecule has 0 fully saturated rings. The van der Waals surface area contributed by atoms with Crippen LogP contribution in [0, 0.1) is 3.57 Å². The molecule has 0 saturated carbocycles. The van der Waals surface area contributed by atoms with Crippen LogP contribution in [0.15, 0.2) is 53.6 Å². The van der Waals surface area contributed by atoms with Crippen LogP contribution in [0.25, 0.3) is 10.9 Å². The lowest BCUT2D eigenvalue weighted by molar-refractivity contribution is -0.138. The molecule has 0 bridgehead atoms. The van der Waals surface area contributed by atoms with Gasteiger partial charge in [0, 0.05) is 39.8 Å². The van der Waals surface area contributed by atoms with Gasteiger partial charge < -0.3 is 9.84 Å². The number of amides is 1. The Balaban J connectivity index is 1.66. The van der Waals surface area contributed by atoms with E-state index in [2.05, 4.69) is 27.6 Å². The quantitative estimate of drug-likeness (QED) is 0.178. The molecule has 1 N–H and O–H groups in total. The van der Waals surface area contributed by atoms with Crippen molar-refractivity contribution in [2.45, 2.75) is 45.1 Å². The summed E-state index contributed by atoms with van der Waals surface area (Å²) in [6.07, 6.45) is 1.67. The topological polar surface area (TPSA) is 92.1 Å². The van der Waals surface area contributed by atoms with E-state index in [9.17, 15) is 9.59 Å². The van der Waals surface area contributed by atoms with Crippen LogP contribution in [-0.2, 0) is 9.59 Å². The van der Waals surface area contributed by atoms with Crippen molar-refractivity contribution in [3.05, 3.63) is 68.4 Å². The van der Waals surface area contributed by atoms with Gasteiger partial charge in [0.05, 0.1) is 23.9 Å². The Morgan fingerprint density at radius 2 is 1.97 bits per heavy atom. The molecule has 1 amide bonds. The normalized spacial score (nSPS) is 15.3. The number of aliphatic carboxylic acids is 1. The molecule has 4 rings (SSSR count). The fourth-order valence-corrected chi connectivity index (χ4v) is 4.94. The standard InChI is InChI=1S/C26H25ClIN3O4/c1-2-35-19-11-10-17-13-20(26(27)29-21(17)14-19)23-15-22(16-6-5-7-18(28)12-16)30-31(23)24(32)8-3-4-9-25(33)34/h5-7,10-14,23H,2-4,8-9,15H2,1H3,(H,33,34). The van der Waals surface area contributed by atoms with Gasteiger partial charge in [0.2, 0.25) is 5.91 Å². The van der Waals surface area contributed by atoms with E-state index < -0.39 is 12.0 Å². The molecule has 1 aliphatic rings. The van der Waals surface area contributed by atoms with Crippen LogP contribution < -0.4 is 4.74 Å². The van der Waals surface area contributed by atoms with Crippen molar-refractivity contribution in [1.82, 2.24) is 9.99 Å². The van der Waals surface area contributed by atoms with Gasteiger partial charge in [-0.05, 0) is 78.3 Å². The minimum Gasteiger partial charge on any atom is -0.494 e. The van der Waals surface area contributed by atoms with Crippen LogP contribution in [0.5, 0.6) is 5.75 Å². The molecule has 35 heavy (non-hydrogen) atoms. The first-order chi connectivity index (χ1) is 16.9. The van der Waals surface area contributed by atoms with E-state index in [4.69, 9.17) is 26.5 Å². The first-order valence-corrected chi connectivity index (χ1v) is 12.9. The van der Waals surface area contributed by atoms with Gasteiger partial charge >= 0.3 is 5.97 Å². The lowest BCUT2D eigenvalue weighted by Crippen LogP contribution is -2.27. The molecule has 3 aromatic rings. The zero-order valence-electron chi connectivity index (χ0n) is 19.2. The number of pyridine rings is 1. The molecular weight excluding hydrogens is 581 g/mol. The molecular formula is C26H25ClIN3O4. The van der Waals surface area contributed by atoms with Crippen LogP contribution in [0.2, 0.25) is 5.15 Å². The maximum Gasteiger partial charge on any atom is 0.303 e. The van der Waals surface area contributed by atoms with Gasteiger partial charge in [-0.25, -0.2) is 9.99 Å². The van der Waals surface area contributed by atoms with Crippen LogP contribution >= 0.6 is 34.2 Å². The number of carboxylic acids is 1. The number of hydrogen-bond donors (Lipinski definition) is 1. The number of carbonyl (C=O) groups excluding carboxylic acids is 1. The smallest absolute Gasteiger partial charge is 0.303 e. The van der Waals surface area contributed by atoms with Gasteiger partial charge in [0.1, 0.15) is 10.9 Å². The SMILES string of the molecule is CCOc1ccc2cc(C3CC(c4cccc(I)c4)=NN3C(=O)CCCCC(=O)O)c(Cl)nc2c1. The van der Waals surface area contributed by atoms with Crippen molar-refractivity contribution in [3.8, 4) is 5.75 Å². The van der Waals surface area contributed by atoms with Crippen LogP contribution in [-0.4, -0.2) is 39.3 Å². The van der Waals surface area contributed by atoms with Gasteiger partial charge in [0.25, 0.3) is 0 Å². The van der Waals surface area contributed by atoms with E-state index >= 15 is 0 Å². The maximum absolute atomic E-state index is 13.2. The number of halogens is 2. The van der Waals surface area contributed by atoms with Crippen molar-refractivity contribution in [1.29, 1.82) is 0 Å². The first kappa shape index (κ1) is 25.4. The second kappa shape index (κ2) is 11.3. The van der Waals surface area contributed by atoms with Crippen molar-refractivity contribution < 1.29 is 19.4 Å². The van der Waals surface area contributed by atoms with Crippen molar-refractivity contribution in [2.24, 2.45) is 5.10 Å². The molecule has 182 valence electrons. The Hall–Kier alpha value is -2.72. The third-order valence-corrected chi connectivity index (χ3v) is 6.77. The average molecular weight is 606 g/mol. The molecule has 9 heteroatoms. The monoisotopic (exact) mass is 605 g/mol. The van der Waals surface area contributed by atoms with E-state index in [0.717, 1.165) is 31.5 Å². The molecule has 1 unspecified atom stereocenters. The Morgan fingerprint density at radius 1 is 1.17 bits per heavy atom. The van der Waals surface area contributed by atoms with Crippen LogP contribution in [0.4, 0.5) is 0 Å². The molecule has 0 saturated heterocycles. The lowest BCUT2D eigenvalue weighted by Gasteiger charge is -2.23. The number of fused-ring (bicyclic) bond motifs is 1. The Kier molecular flexibility index (Phi) is 8.22. The highest BCUT2D eigenvalue weighted by Crippen LogP contribution is 2.38. The van der Waals surface area contributed by atoms with E-state index in [1.807, 2.05) is 55.5 Å². The molecule has 2 heterocycles. The van der Waals surface area contributed by atoms with E-state index in [1.165, 1.54) is 5.01 Å². The highest BCUT2D eigenvalue weighted by atomic mass is 127. The third kappa shape index (κ3) is 6.10. The molecule has 0 aliphatic carbocycles. The molecule has 1 atom stereocenters. The van der Waals surface area contributed by atoms with Crippen LogP contribution in [0.3, 0.4) is 0 Å². The van der Waals surface area contributed by atoms with Gasteiger partial charge in [-0.3, -0.25) is 9.59 Å². The minimum atomic E-state index is -0.864. The second-order valence-electron chi connectivity index (χ2n) is 8.27. The summed E-state index contributed by atoms with van der Waals surface area (Å²) in [5.41, 5.74) is 3.20.